The molecule has 37 heavy (non-hydrogen) atoms. The molecular formula is C27H28FN5O4. The molecule has 0 saturated heterocycles. The number of carbonyl (C=O) groups is 1. The van der Waals surface area contributed by atoms with Crippen molar-refractivity contribution in [2.75, 3.05) is 24.2 Å². The van der Waals surface area contributed by atoms with E-state index in [-0.39, 0.29) is 47.8 Å². The first-order valence-corrected chi connectivity index (χ1v) is 12.5. The van der Waals surface area contributed by atoms with Gasteiger partial charge in [-0.05, 0) is 31.9 Å². The number of carbonyl (C=O) groups excluding carboxylic acids is 1. The highest BCUT2D eigenvalue weighted by Crippen LogP contribution is 2.48. The summed E-state index contributed by atoms with van der Waals surface area (Å²) in [7, 11) is 0. The van der Waals surface area contributed by atoms with Crippen LogP contribution in [0.1, 0.15) is 43.0 Å². The van der Waals surface area contributed by atoms with Gasteiger partial charge in [0.1, 0.15) is 12.3 Å². The number of anilines is 2. The highest BCUT2D eigenvalue weighted by atomic mass is 19.1. The number of benzene rings is 2. The average Bonchev–Trinajstić information content (AvgIpc) is 3.52. The number of imidazole rings is 1. The number of pyridine rings is 1. The van der Waals surface area contributed by atoms with E-state index < -0.39 is 28.7 Å². The Labute approximate surface area is 211 Å². The normalized spacial score (nSPS) is 16.8. The molecule has 2 aromatic heterocycles. The molecule has 10 heteroatoms. The third kappa shape index (κ3) is 3.58. The molecular weight excluding hydrogens is 477 g/mol. The number of Topliss-reactive ketones (excluding diaryl/α,β-unsaturated/α-hetero) is 1. The van der Waals surface area contributed by atoms with Crippen LogP contribution in [-0.2, 0) is 12.1 Å². The molecule has 0 bridgehead atoms. The van der Waals surface area contributed by atoms with Crippen molar-refractivity contribution in [3.63, 3.8) is 0 Å². The van der Waals surface area contributed by atoms with E-state index in [2.05, 4.69) is 10.3 Å². The zero-order chi connectivity index (χ0) is 25.9. The van der Waals surface area contributed by atoms with Crippen molar-refractivity contribution in [2.45, 2.75) is 50.8 Å². The molecule has 192 valence electrons. The van der Waals surface area contributed by atoms with Crippen LogP contribution in [0, 0.1) is 5.82 Å². The van der Waals surface area contributed by atoms with Gasteiger partial charge in [0, 0.05) is 12.7 Å². The Bertz CT molecular complexity index is 1620. The monoisotopic (exact) mass is 505 g/mol. The molecule has 4 aromatic rings. The van der Waals surface area contributed by atoms with Gasteiger partial charge >= 0.3 is 0 Å². The Morgan fingerprint density at radius 1 is 1.32 bits per heavy atom. The van der Waals surface area contributed by atoms with Crippen LogP contribution >= 0.6 is 0 Å². The number of aliphatic hydroxyl groups is 1. The highest BCUT2D eigenvalue weighted by molar-refractivity contribution is 6.04. The summed E-state index contributed by atoms with van der Waals surface area (Å²) in [6.07, 6.45) is 5.97. The van der Waals surface area contributed by atoms with Crippen molar-refractivity contribution in [3.8, 4) is 5.75 Å². The fraction of sp³-hybridized carbons (Fsp3) is 0.370. The number of ether oxygens (including phenoxy) is 1. The summed E-state index contributed by atoms with van der Waals surface area (Å²) in [6, 6.07) is 7.59. The fourth-order valence-electron chi connectivity index (χ4n) is 5.84. The van der Waals surface area contributed by atoms with Crippen LogP contribution in [0.5, 0.6) is 5.75 Å². The van der Waals surface area contributed by atoms with Gasteiger partial charge in [0.25, 0.3) is 0 Å². The van der Waals surface area contributed by atoms with Crippen molar-refractivity contribution < 1.29 is 19.0 Å². The zero-order valence-electron chi connectivity index (χ0n) is 20.5. The molecule has 2 aromatic carbocycles. The first-order chi connectivity index (χ1) is 17.8. The summed E-state index contributed by atoms with van der Waals surface area (Å²) in [5.41, 5.74) is 6.91. The van der Waals surface area contributed by atoms with E-state index in [4.69, 9.17) is 10.5 Å². The molecule has 1 unspecified atom stereocenters. The lowest BCUT2D eigenvalue weighted by molar-refractivity contribution is 0.101. The summed E-state index contributed by atoms with van der Waals surface area (Å²) in [6.45, 7) is 1.86. The SMILES string of the molecule is CC(=O)c1cn2c3c(c(NCC(O)Cn4cnc5ccccc54)c(F)c(N)c3c1=O)OCC21CCCC1. The van der Waals surface area contributed by atoms with Crippen molar-refractivity contribution in [2.24, 2.45) is 0 Å². The number of hydrogen-bond acceptors (Lipinski definition) is 7. The van der Waals surface area contributed by atoms with Gasteiger partial charge in [-0.25, -0.2) is 9.37 Å². The van der Waals surface area contributed by atoms with E-state index in [0.717, 1.165) is 36.7 Å². The average molecular weight is 506 g/mol. The summed E-state index contributed by atoms with van der Waals surface area (Å²) in [4.78, 5) is 29.9. The minimum absolute atomic E-state index is 0.00360. The number of aromatic nitrogens is 3. The summed E-state index contributed by atoms with van der Waals surface area (Å²) in [5, 5.41) is 13.7. The maximum atomic E-state index is 15.7. The number of halogens is 1. The van der Waals surface area contributed by atoms with Gasteiger partial charge in [0.15, 0.2) is 17.3 Å². The molecule has 1 aliphatic carbocycles. The van der Waals surface area contributed by atoms with Crippen LogP contribution in [-0.4, -0.2) is 44.3 Å². The Hall–Kier alpha value is -3.92. The summed E-state index contributed by atoms with van der Waals surface area (Å²) in [5.74, 6) is -1.06. The van der Waals surface area contributed by atoms with Gasteiger partial charge < -0.3 is 30.0 Å². The smallest absolute Gasteiger partial charge is 0.202 e. The van der Waals surface area contributed by atoms with Crippen LogP contribution < -0.4 is 21.2 Å². The molecule has 2 aliphatic rings. The lowest BCUT2D eigenvalue weighted by Gasteiger charge is -2.39. The van der Waals surface area contributed by atoms with Gasteiger partial charge in [-0.1, -0.05) is 25.0 Å². The molecule has 1 atom stereocenters. The third-order valence-corrected chi connectivity index (χ3v) is 7.73. The second-order valence-electron chi connectivity index (χ2n) is 10.1. The summed E-state index contributed by atoms with van der Waals surface area (Å²) >= 11 is 0. The van der Waals surface area contributed by atoms with E-state index >= 15 is 4.39 Å². The Morgan fingerprint density at radius 2 is 2.08 bits per heavy atom. The minimum Gasteiger partial charge on any atom is -0.487 e. The van der Waals surface area contributed by atoms with Crippen LogP contribution in [0.2, 0.25) is 0 Å². The molecule has 0 amide bonds. The lowest BCUT2D eigenvalue weighted by atomic mass is 9.93. The number of aliphatic hydroxyl groups excluding tert-OH is 1. The van der Waals surface area contributed by atoms with Crippen molar-refractivity contribution in [1.82, 2.24) is 14.1 Å². The van der Waals surface area contributed by atoms with Gasteiger partial charge in [0.05, 0.1) is 57.7 Å². The molecule has 4 N–H and O–H groups in total. The van der Waals surface area contributed by atoms with Gasteiger partial charge in [-0.15, -0.1) is 0 Å². The van der Waals surface area contributed by atoms with E-state index in [1.807, 2.05) is 33.4 Å². The molecule has 1 fully saturated rings. The number of hydrogen-bond donors (Lipinski definition) is 3. The lowest BCUT2D eigenvalue weighted by Crippen LogP contribution is -2.42. The summed E-state index contributed by atoms with van der Waals surface area (Å²) < 4.78 is 25.6. The quantitative estimate of drug-likeness (QED) is 0.271. The van der Waals surface area contributed by atoms with Crippen molar-refractivity contribution in [3.05, 3.63) is 58.4 Å². The van der Waals surface area contributed by atoms with E-state index in [1.54, 1.807) is 12.5 Å². The molecule has 0 radical (unpaired) electrons. The minimum atomic E-state index is -0.881. The number of para-hydroxylation sites is 2. The highest BCUT2D eigenvalue weighted by Gasteiger charge is 2.42. The standard InChI is InChI=1S/C27H28FN5O4/c1-15(34)17-12-33-24-20(25(17)36)22(29)21(28)23(26(24)37-13-27(33)8-4-5-9-27)30-10-16(35)11-32-14-31-18-6-2-3-7-19(18)32/h2-3,6-7,12,14,16,30,35H,4-5,8-11,13,29H2,1H3. The second kappa shape index (κ2) is 8.58. The number of nitrogens with one attached hydrogen (secondary N) is 1. The first-order valence-electron chi connectivity index (χ1n) is 12.5. The first kappa shape index (κ1) is 23.5. The van der Waals surface area contributed by atoms with E-state index in [0.29, 0.717) is 5.52 Å². The van der Waals surface area contributed by atoms with Crippen LogP contribution in [0.25, 0.3) is 21.9 Å². The molecule has 9 nitrogen and oxygen atoms in total. The number of rotatable bonds is 6. The van der Waals surface area contributed by atoms with Crippen LogP contribution in [0.4, 0.5) is 15.8 Å². The maximum absolute atomic E-state index is 15.7. The number of nitrogens with zero attached hydrogens (tertiary/aromatic N) is 3. The number of nitrogens with two attached hydrogens (primary N) is 1. The molecule has 6 rings (SSSR count). The molecule has 1 saturated carbocycles. The molecule has 1 spiro atoms. The number of fused-ring (bicyclic) bond motifs is 2. The van der Waals surface area contributed by atoms with Crippen LogP contribution in [0.3, 0.4) is 0 Å². The fourth-order valence-corrected chi connectivity index (χ4v) is 5.84. The predicted octanol–water partition coefficient (Wildman–Crippen LogP) is 3.41. The topological polar surface area (TPSA) is 124 Å². The van der Waals surface area contributed by atoms with Crippen molar-refractivity contribution in [1.29, 1.82) is 0 Å². The van der Waals surface area contributed by atoms with Gasteiger partial charge in [-0.3, -0.25) is 9.59 Å². The van der Waals surface area contributed by atoms with E-state index in [1.165, 1.54) is 6.92 Å². The Morgan fingerprint density at radius 3 is 2.84 bits per heavy atom. The number of nitrogen functional groups attached to an aromatic ring is 1. The Kier molecular flexibility index (Phi) is 5.45. The van der Waals surface area contributed by atoms with Gasteiger partial charge in [-0.2, -0.15) is 0 Å². The third-order valence-electron chi connectivity index (χ3n) is 7.73. The molecule has 1 aliphatic heterocycles. The Balaban J connectivity index is 1.41. The van der Waals surface area contributed by atoms with E-state index in [9.17, 15) is 14.7 Å². The van der Waals surface area contributed by atoms with Crippen LogP contribution in [0.15, 0.2) is 41.6 Å². The zero-order valence-corrected chi connectivity index (χ0v) is 20.5. The molecule has 3 heterocycles. The predicted molar refractivity (Wildman–Crippen MR) is 139 cm³/mol. The maximum Gasteiger partial charge on any atom is 0.202 e. The van der Waals surface area contributed by atoms with Gasteiger partial charge in [0.2, 0.25) is 5.43 Å². The second-order valence-corrected chi connectivity index (χ2v) is 10.1. The van der Waals surface area contributed by atoms with Crippen molar-refractivity contribution >= 4 is 39.1 Å². The number of ketones is 1. The largest absolute Gasteiger partial charge is 0.487 e.